The quantitative estimate of drug-likeness (QED) is 0.358. The summed E-state index contributed by atoms with van der Waals surface area (Å²) in [5.74, 6) is -0.961. The normalized spacial score (nSPS) is 18.9. The predicted molar refractivity (Wildman–Crippen MR) is 35.0 cm³/mol. The maximum atomic E-state index is 9.49. The van der Waals surface area contributed by atoms with Crippen LogP contribution in [0.5, 0.6) is 0 Å². The molecule has 0 aromatic carbocycles. The molecule has 0 aliphatic carbocycles. The van der Waals surface area contributed by atoms with Gasteiger partial charge in [-0.15, -0.1) is 0 Å². The average molecular weight is 210 g/mol. The number of hydrogen-bond acceptors (Lipinski definition) is 3. The second kappa shape index (κ2) is 8.15. The third-order valence-corrected chi connectivity index (χ3v) is 0.856. The molecule has 1 aliphatic heterocycles. The molecule has 1 fully saturated rings. The van der Waals surface area contributed by atoms with Crippen molar-refractivity contribution in [2.24, 2.45) is 0 Å². The number of carbonyl (C=O) groups excluding carboxylic acids is 1. The number of ether oxygens (including phenoxy) is 1. The first-order chi connectivity index (χ1) is 4.66. The van der Waals surface area contributed by atoms with Crippen LogP contribution < -0.4 is 5.11 Å². The largest absolute Gasteiger partial charge is 2.00 e. The van der Waals surface area contributed by atoms with Gasteiger partial charge in [0.05, 0.1) is 0 Å². The Labute approximate surface area is 79.9 Å². The monoisotopic (exact) mass is 208 g/mol. The summed E-state index contributed by atoms with van der Waals surface area (Å²) in [5.41, 5.74) is 0. The van der Waals surface area contributed by atoms with Crippen molar-refractivity contribution in [1.29, 1.82) is 0 Å². The fourth-order valence-electron chi connectivity index (χ4n) is 0.272. The zero-order valence-electron chi connectivity index (χ0n) is 6.84. The number of carboxylic acid groups (broad SMARTS) is 1. The van der Waals surface area contributed by atoms with Crippen LogP contribution in [0.2, 0.25) is 0 Å². The van der Waals surface area contributed by atoms with E-state index in [9.17, 15) is 9.90 Å². The number of hydrogen-bond donors (Lipinski definition) is 0. The molecule has 0 bridgehead atoms. The molecular weight excluding hydrogens is 197 g/mol. The second-order valence-electron chi connectivity index (χ2n) is 2.08. The molecule has 0 amide bonds. The summed E-state index contributed by atoms with van der Waals surface area (Å²) in [6.45, 7) is 6.20. The zero-order valence-corrected chi connectivity index (χ0v) is 9.80. The van der Waals surface area contributed by atoms with Gasteiger partial charge in [0.2, 0.25) is 0 Å². The molecule has 1 unspecified atom stereocenters. The predicted octanol–water partition coefficient (Wildman–Crippen LogP) is -0.247. The maximum Gasteiger partial charge on any atom is 2.00 e. The van der Waals surface area contributed by atoms with Crippen molar-refractivity contribution >= 4 is 5.97 Å². The van der Waals surface area contributed by atoms with Crippen LogP contribution in [0, 0.1) is 6.92 Å². The number of carbonyl (C=O) groups is 1. The summed E-state index contributed by atoms with van der Waals surface area (Å²) in [5, 5.41) is 9.49. The Kier molecular flexibility index (Phi) is 10.1. The molecule has 0 radical (unpaired) electrons. The Morgan fingerprint density at radius 3 is 2.18 bits per heavy atom. The number of epoxide rings is 1. The van der Waals surface area contributed by atoms with E-state index < -0.39 is 5.97 Å². The van der Waals surface area contributed by atoms with E-state index in [0.717, 1.165) is 6.61 Å². The van der Waals surface area contributed by atoms with E-state index >= 15 is 0 Å². The number of aliphatic carboxylic acids is 1. The number of rotatable bonds is 2. The van der Waals surface area contributed by atoms with Crippen molar-refractivity contribution in [2.45, 2.75) is 25.9 Å². The first-order valence-corrected chi connectivity index (χ1v) is 3.31. The second-order valence-corrected chi connectivity index (χ2v) is 2.08. The van der Waals surface area contributed by atoms with E-state index in [4.69, 9.17) is 0 Å². The van der Waals surface area contributed by atoms with Crippen LogP contribution in [-0.4, -0.2) is 18.7 Å². The molecular formula is C7H12O3Zn. The third-order valence-electron chi connectivity index (χ3n) is 0.856. The minimum absolute atomic E-state index is 0. The number of carboxylic acids is 1. The third kappa shape index (κ3) is 17.8. The maximum absolute atomic E-state index is 9.49. The van der Waals surface area contributed by atoms with E-state index in [0.29, 0.717) is 12.5 Å². The molecule has 0 aromatic rings. The Morgan fingerprint density at radius 2 is 2.18 bits per heavy atom. The zero-order chi connectivity index (χ0) is 7.98. The van der Waals surface area contributed by atoms with Gasteiger partial charge < -0.3 is 21.6 Å². The fourth-order valence-corrected chi connectivity index (χ4v) is 0.272. The summed E-state index contributed by atoms with van der Waals surface area (Å²) in [6, 6.07) is 0. The molecule has 1 rings (SSSR count). The summed E-state index contributed by atoms with van der Waals surface area (Å²) >= 11 is 0. The Bertz CT molecular complexity index is 102. The van der Waals surface area contributed by atoms with Gasteiger partial charge in [0, 0.05) is 12.6 Å². The van der Waals surface area contributed by atoms with E-state index in [1.54, 1.807) is 6.92 Å². The first-order valence-electron chi connectivity index (χ1n) is 3.31. The summed E-state index contributed by atoms with van der Waals surface area (Å²) < 4.78 is 4.60. The van der Waals surface area contributed by atoms with E-state index in [-0.39, 0.29) is 25.9 Å². The minimum atomic E-state index is -0.961. The van der Waals surface area contributed by atoms with Gasteiger partial charge >= 0.3 is 19.5 Å². The standard InChI is InChI=1S/C4H8O2.C3H5O.Zn/c1-2-3-4(5)6;1-3-2-4-3;/h2-3H2,1H3,(H,5,6);3H,1-2H2;/q;-1;+2/p-1. The molecule has 0 N–H and O–H groups in total. The SMILES string of the molecule is CCCC(=O)[O-].[CH2-]C1CO1.[Zn+2]. The van der Waals surface area contributed by atoms with Crippen LogP contribution in [0.25, 0.3) is 0 Å². The van der Waals surface area contributed by atoms with Gasteiger partial charge in [-0.3, -0.25) is 0 Å². The molecule has 0 aromatic heterocycles. The molecule has 11 heavy (non-hydrogen) atoms. The molecule has 1 heterocycles. The fraction of sp³-hybridized carbons (Fsp3) is 0.714. The van der Waals surface area contributed by atoms with E-state index in [2.05, 4.69) is 11.7 Å². The van der Waals surface area contributed by atoms with Crippen LogP contribution in [-0.2, 0) is 29.0 Å². The molecule has 60 valence electrons. The molecule has 1 atom stereocenters. The molecule has 4 heteroatoms. The summed E-state index contributed by atoms with van der Waals surface area (Å²) in [7, 11) is 0. The molecule has 3 nitrogen and oxygen atoms in total. The van der Waals surface area contributed by atoms with Crippen LogP contribution in [0.15, 0.2) is 0 Å². The Balaban J connectivity index is 0. The molecule has 0 spiro atoms. The van der Waals surface area contributed by atoms with Crippen molar-refractivity contribution in [3.8, 4) is 0 Å². The smallest absolute Gasteiger partial charge is 0.550 e. The molecule has 0 saturated carbocycles. The van der Waals surface area contributed by atoms with Crippen LogP contribution >= 0.6 is 0 Å². The van der Waals surface area contributed by atoms with E-state index in [1.165, 1.54) is 0 Å². The van der Waals surface area contributed by atoms with Gasteiger partial charge in [0.1, 0.15) is 0 Å². The minimum Gasteiger partial charge on any atom is -0.550 e. The van der Waals surface area contributed by atoms with Gasteiger partial charge in [0.15, 0.2) is 0 Å². The summed E-state index contributed by atoms with van der Waals surface area (Å²) in [6.07, 6.45) is 1.18. The van der Waals surface area contributed by atoms with Crippen molar-refractivity contribution in [1.82, 2.24) is 0 Å². The Hall–Kier alpha value is 0.0534. The van der Waals surface area contributed by atoms with Gasteiger partial charge in [-0.05, 0) is 12.5 Å². The molecule has 1 aliphatic rings. The van der Waals surface area contributed by atoms with Crippen LogP contribution in [0.4, 0.5) is 0 Å². The van der Waals surface area contributed by atoms with Gasteiger partial charge in [0.25, 0.3) is 0 Å². The topological polar surface area (TPSA) is 52.7 Å². The van der Waals surface area contributed by atoms with Gasteiger partial charge in [-0.25, -0.2) is 0 Å². The summed E-state index contributed by atoms with van der Waals surface area (Å²) in [4.78, 5) is 9.49. The first kappa shape index (κ1) is 13.6. The van der Waals surface area contributed by atoms with Crippen molar-refractivity contribution < 1.29 is 34.1 Å². The van der Waals surface area contributed by atoms with Gasteiger partial charge in [-0.1, -0.05) is 13.3 Å². The van der Waals surface area contributed by atoms with Gasteiger partial charge in [-0.2, -0.15) is 0 Å². The van der Waals surface area contributed by atoms with Crippen LogP contribution in [0.1, 0.15) is 19.8 Å². The van der Waals surface area contributed by atoms with Crippen molar-refractivity contribution in [3.05, 3.63) is 6.92 Å². The van der Waals surface area contributed by atoms with Crippen molar-refractivity contribution in [3.63, 3.8) is 0 Å². The van der Waals surface area contributed by atoms with Crippen LogP contribution in [0.3, 0.4) is 0 Å². The molecule has 1 saturated heterocycles. The van der Waals surface area contributed by atoms with Crippen molar-refractivity contribution in [2.75, 3.05) is 6.61 Å². The Morgan fingerprint density at radius 1 is 1.82 bits per heavy atom. The van der Waals surface area contributed by atoms with E-state index in [1.807, 2.05) is 0 Å². The average Bonchev–Trinajstić information content (AvgIpc) is 2.52.